The van der Waals surface area contributed by atoms with Crippen molar-refractivity contribution < 1.29 is 9.90 Å². The van der Waals surface area contributed by atoms with Crippen LogP contribution in [0, 0.1) is 5.92 Å². The summed E-state index contributed by atoms with van der Waals surface area (Å²) < 4.78 is 1.66. The lowest BCUT2D eigenvalue weighted by Gasteiger charge is -2.32. The molecule has 2 aromatic rings. The highest BCUT2D eigenvalue weighted by molar-refractivity contribution is 5.67. The topological polar surface area (TPSA) is 96.5 Å². The van der Waals surface area contributed by atoms with E-state index < -0.39 is 5.97 Å². The van der Waals surface area contributed by atoms with Crippen molar-refractivity contribution >= 4 is 17.4 Å². The number of anilines is 1. The van der Waals surface area contributed by atoms with Crippen LogP contribution in [-0.2, 0) is 4.79 Å². The molecular weight excluding hydrogens is 248 g/mol. The van der Waals surface area contributed by atoms with Gasteiger partial charge in [-0.3, -0.25) is 9.78 Å². The lowest BCUT2D eigenvalue weighted by molar-refractivity contribution is -0.138. The van der Waals surface area contributed by atoms with Crippen molar-refractivity contribution in [1.29, 1.82) is 0 Å². The van der Waals surface area contributed by atoms with Gasteiger partial charge in [0.15, 0.2) is 11.5 Å². The van der Waals surface area contributed by atoms with Gasteiger partial charge >= 0.3 is 5.97 Å². The zero-order valence-electron chi connectivity index (χ0n) is 10.3. The lowest BCUT2D eigenvalue weighted by Crippen LogP contribution is -2.35. The number of carboxylic acids is 1. The Morgan fingerprint density at radius 3 is 2.89 bits per heavy atom. The maximum Gasteiger partial charge on any atom is 0.303 e. The summed E-state index contributed by atoms with van der Waals surface area (Å²) in [7, 11) is 0. The number of hydrogen-bond donors (Lipinski definition) is 1. The van der Waals surface area contributed by atoms with E-state index in [0.717, 1.165) is 31.7 Å². The molecule has 1 aliphatic rings. The Morgan fingerprint density at radius 1 is 1.37 bits per heavy atom. The van der Waals surface area contributed by atoms with E-state index in [1.54, 1.807) is 16.9 Å². The van der Waals surface area contributed by atoms with Crippen LogP contribution in [0.4, 0.5) is 5.82 Å². The first-order chi connectivity index (χ1) is 9.24. The second-order valence-corrected chi connectivity index (χ2v) is 4.74. The zero-order chi connectivity index (χ0) is 13.2. The molecule has 0 spiro atoms. The molecule has 1 fully saturated rings. The highest BCUT2D eigenvalue weighted by atomic mass is 16.4. The molecule has 1 N–H and O–H groups in total. The standard InChI is InChI=1S/C11H14N6O2/c18-11(19)5-8-1-3-16(4-2-8)10-7-12-6-9-13-14-15-17(9)10/h6-8H,1-5H2,(H,18,19). The molecule has 3 heterocycles. The molecular formula is C11H14N6O2. The first kappa shape index (κ1) is 11.8. The number of fused-ring (bicyclic) bond motifs is 1. The van der Waals surface area contributed by atoms with E-state index in [0.29, 0.717) is 5.65 Å². The van der Waals surface area contributed by atoms with Crippen LogP contribution in [0.5, 0.6) is 0 Å². The number of aromatic nitrogens is 5. The fourth-order valence-electron chi connectivity index (χ4n) is 2.49. The summed E-state index contributed by atoms with van der Waals surface area (Å²) in [5, 5.41) is 20.2. The van der Waals surface area contributed by atoms with Gasteiger partial charge in [-0.2, -0.15) is 4.52 Å². The van der Waals surface area contributed by atoms with Crippen LogP contribution in [0.3, 0.4) is 0 Å². The van der Waals surface area contributed by atoms with E-state index in [1.165, 1.54) is 0 Å². The Bertz CT molecular complexity index is 590. The molecule has 0 aliphatic carbocycles. The molecule has 0 saturated carbocycles. The third-order valence-electron chi connectivity index (χ3n) is 3.49. The van der Waals surface area contributed by atoms with Crippen LogP contribution in [0.25, 0.3) is 5.65 Å². The van der Waals surface area contributed by atoms with Crippen molar-refractivity contribution in [2.45, 2.75) is 19.3 Å². The number of piperidine rings is 1. The van der Waals surface area contributed by atoms with Crippen molar-refractivity contribution in [3.63, 3.8) is 0 Å². The molecule has 0 amide bonds. The van der Waals surface area contributed by atoms with Crippen molar-refractivity contribution in [3.8, 4) is 0 Å². The first-order valence-electron chi connectivity index (χ1n) is 6.23. The average molecular weight is 262 g/mol. The van der Waals surface area contributed by atoms with Crippen LogP contribution in [0.2, 0.25) is 0 Å². The number of carbonyl (C=O) groups is 1. The molecule has 1 saturated heterocycles. The smallest absolute Gasteiger partial charge is 0.303 e. The largest absolute Gasteiger partial charge is 0.481 e. The number of tetrazole rings is 1. The monoisotopic (exact) mass is 262 g/mol. The summed E-state index contributed by atoms with van der Waals surface area (Å²) in [6.45, 7) is 1.61. The molecule has 2 aromatic heterocycles. The van der Waals surface area contributed by atoms with Gasteiger partial charge in [-0.25, -0.2) is 0 Å². The molecule has 3 rings (SSSR count). The van der Waals surface area contributed by atoms with Crippen LogP contribution in [0.1, 0.15) is 19.3 Å². The van der Waals surface area contributed by atoms with Gasteiger partial charge in [0.2, 0.25) is 0 Å². The second-order valence-electron chi connectivity index (χ2n) is 4.74. The quantitative estimate of drug-likeness (QED) is 0.844. The van der Waals surface area contributed by atoms with Gasteiger partial charge in [-0.15, -0.1) is 5.10 Å². The Balaban J connectivity index is 1.75. The maximum absolute atomic E-state index is 10.7. The third kappa shape index (κ3) is 2.33. The van der Waals surface area contributed by atoms with Crippen LogP contribution < -0.4 is 4.90 Å². The summed E-state index contributed by atoms with van der Waals surface area (Å²) >= 11 is 0. The molecule has 19 heavy (non-hydrogen) atoms. The minimum Gasteiger partial charge on any atom is -0.481 e. The molecule has 100 valence electrons. The summed E-state index contributed by atoms with van der Waals surface area (Å²) in [6.07, 6.45) is 5.33. The predicted octanol–water partition coefficient (Wildman–Crippen LogP) is 0.210. The second kappa shape index (κ2) is 4.79. The summed E-state index contributed by atoms with van der Waals surface area (Å²) in [6, 6.07) is 0. The van der Waals surface area contributed by atoms with Crippen molar-refractivity contribution in [1.82, 2.24) is 25.0 Å². The van der Waals surface area contributed by atoms with E-state index in [1.807, 2.05) is 0 Å². The highest BCUT2D eigenvalue weighted by Crippen LogP contribution is 2.24. The molecule has 8 heteroatoms. The van der Waals surface area contributed by atoms with Crippen molar-refractivity contribution in [2.24, 2.45) is 5.92 Å². The fraction of sp³-hybridized carbons (Fsp3) is 0.545. The van der Waals surface area contributed by atoms with E-state index >= 15 is 0 Å². The van der Waals surface area contributed by atoms with Gasteiger partial charge in [0.25, 0.3) is 0 Å². The summed E-state index contributed by atoms with van der Waals surface area (Å²) in [5.41, 5.74) is 0.616. The number of carboxylic acid groups (broad SMARTS) is 1. The van der Waals surface area contributed by atoms with Crippen molar-refractivity contribution in [3.05, 3.63) is 12.4 Å². The molecule has 0 atom stereocenters. The van der Waals surface area contributed by atoms with Crippen LogP contribution in [-0.4, -0.2) is 49.2 Å². The Kier molecular flexibility index (Phi) is 2.98. The van der Waals surface area contributed by atoms with E-state index in [9.17, 15) is 4.79 Å². The zero-order valence-corrected chi connectivity index (χ0v) is 10.3. The number of nitrogens with zero attached hydrogens (tertiary/aromatic N) is 6. The minimum absolute atomic E-state index is 0.251. The molecule has 1 aliphatic heterocycles. The third-order valence-corrected chi connectivity index (χ3v) is 3.49. The number of rotatable bonds is 3. The maximum atomic E-state index is 10.7. The van der Waals surface area contributed by atoms with Crippen molar-refractivity contribution in [2.75, 3.05) is 18.0 Å². The van der Waals surface area contributed by atoms with E-state index in [4.69, 9.17) is 5.11 Å². The Labute approximate surface area is 109 Å². The van der Waals surface area contributed by atoms with E-state index in [2.05, 4.69) is 25.4 Å². The minimum atomic E-state index is -0.720. The summed E-state index contributed by atoms with van der Waals surface area (Å²) in [5.74, 6) is 0.397. The molecule has 0 aromatic carbocycles. The molecule has 8 nitrogen and oxygen atoms in total. The Hall–Kier alpha value is -2.25. The normalized spacial score (nSPS) is 16.9. The average Bonchev–Trinajstić information content (AvgIpc) is 2.87. The van der Waals surface area contributed by atoms with Gasteiger partial charge in [-0.05, 0) is 29.2 Å². The SMILES string of the molecule is O=C(O)CC1CCN(c2cncc3nnnn23)CC1. The highest BCUT2D eigenvalue weighted by Gasteiger charge is 2.23. The first-order valence-corrected chi connectivity index (χ1v) is 6.23. The van der Waals surface area contributed by atoms with Crippen LogP contribution >= 0.6 is 0 Å². The van der Waals surface area contributed by atoms with Gasteiger partial charge in [0.1, 0.15) is 0 Å². The van der Waals surface area contributed by atoms with Gasteiger partial charge in [-0.1, -0.05) is 0 Å². The molecule has 0 unspecified atom stereocenters. The van der Waals surface area contributed by atoms with Crippen LogP contribution in [0.15, 0.2) is 12.4 Å². The fourth-order valence-corrected chi connectivity index (χ4v) is 2.49. The lowest BCUT2D eigenvalue weighted by atomic mass is 9.94. The molecule has 0 bridgehead atoms. The molecule has 0 radical (unpaired) electrons. The summed E-state index contributed by atoms with van der Waals surface area (Å²) in [4.78, 5) is 17.0. The van der Waals surface area contributed by atoms with Gasteiger partial charge in [0, 0.05) is 19.5 Å². The predicted molar refractivity (Wildman–Crippen MR) is 65.8 cm³/mol. The number of hydrogen-bond acceptors (Lipinski definition) is 6. The van der Waals surface area contributed by atoms with Gasteiger partial charge < -0.3 is 10.0 Å². The van der Waals surface area contributed by atoms with Gasteiger partial charge in [0.05, 0.1) is 12.4 Å². The Morgan fingerprint density at radius 2 is 2.16 bits per heavy atom. The number of aliphatic carboxylic acids is 1. The van der Waals surface area contributed by atoms with E-state index in [-0.39, 0.29) is 12.3 Å².